The molecule has 1 amide bonds. The maximum Gasteiger partial charge on any atom is 0.254 e. The first-order valence-electron chi connectivity index (χ1n) is 8.34. The van der Waals surface area contributed by atoms with Crippen LogP contribution in [0.1, 0.15) is 10.4 Å². The van der Waals surface area contributed by atoms with Crippen LogP contribution in [0.2, 0.25) is 0 Å². The summed E-state index contributed by atoms with van der Waals surface area (Å²) in [6, 6.07) is 12.6. The first-order chi connectivity index (χ1) is 12.7. The number of para-hydroxylation sites is 2. The Morgan fingerprint density at radius 3 is 2.73 bits per heavy atom. The van der Waals surface area contributed by atoms with Crippen LogP contribution in [-0.4, -0.2) is 49.3 Å². The molecule has 1 fully saturated rings. The number of ether oxygens (including phenoxy) is 1. The van der Waals surface area contributed by atoms with Crippen LogP contribution >= 0.6 is 0 Å². The Morgan fingerprint density at radius 2 is 1.96 bits per heavy atom. The molecule has 4 rings (SSSR count). The van der Waals surface area contributed by atoms with E-state index in [4.69, 9.17) is 4.74 Å². The fourth-order valence-corrected chi connectivity index (χ4v) is 3.23. The Balaban J connectivity index is 1.47. The van der Waals surface area contributed by atoms with Crippen molar-refractivity contribution in [3.63, 3.8) is 0 Å². The van der Waals surface area contributed by atoms with Crippen molar-refractivity contribution in [3.05, 3.63) is 53.2 Å². The average molecular weight is 354 g/mol. The highest BCUT2D eigenvalue weighted by Crippen LogP contribution is 2.28. The van der Waals surface area contributed by atoms with E-state index in [0.717, 1.165) is 24.5 Å². The van der Waals surface area contributed by atoms with Crippen molar-refractivity contribution < 1.29 is 19.1 Å². The van der Waals surface area contributed by atoms with Crippen molar-refractivity contribution in [2.75, 3.05) is 38.2 Å². The lowest BCUT2D eigenvalue weighted by molar-refractivity contribution is -0.782. The number of anilines is 1. The smallest absolute Gasteiger partial charge is 0.254 e. The summed E-state index contributed by atoms with van der Waals surface area (Å²) in [4.78, 5) is 17.1. The molecule has 0 spiro atoms. The lowest BCUT2D eigenvalue weighted by Crippen LogP contribution is -2.48. The molecule has 2 aromatic carbocycles. The second-order valence-electron chi connectivity index (χ2n) is 6.08. The van der Waals surface area contributed by atoms with Gasteiger partial charge in [-0.2, -0.15) is 0 Å². The number of hydrogen-bond donors (Lipinski definition) is 0. The number of carbonyl (C=O) groups excluding carboxylic acids is 1. The number of hydrogen-bond acceptors (Lipinski definition) is 6. The van der Waals surface area contributed by atoms with Crippen LogP contribution in [0.4, 0.5) is 5.69 Å². The number of nitrogens with zero attached hydrogens (tertiary/aromatic N) is 4. The van der Waals surface area contributed by atoms with Crippen LogP contribution in [-0.2, 0) is 0 Å². The molecule has 3 aromatic rings. The number of carbonyl (C=O) groups is 1. The van der Waals surface area contributed by atoms with Gasteiger partial charge in [-0.25, -0.2) is 0 Å². The van der Waals surface area contributed by atoms with E-state index in [1.807, 2.05) is 24.3 Å². The zero-order valence-corrected chi connectivity index (χ0v) is 14.3. The van der Waals surface area contributed by atoms with Gasteiger partial charge in [0.1, 0.15) is 5.75 Å². The molecule has 1 saturated heterocycles. The Bertz CT molecular complexity index is 947. The Kier molecular flexibility index (Phi) is 4.08. The van der Waals surface area contributed by atoms with Crippen LogP contribution in [0.3, 0.4) is 0 Å². The minimum atomic E-state index is -0.0768. The van der Waals surface area contributed by atoms with E-state index in [9.17, 15) is 10.0 Å². The predicted octanol–water partition coefficient (Wildman–Crippen LogP) is 1.43. The molecule has 0 N–H and O–H groups in total. The summed E-state index contributed by atoms with van der Waals surface area (Å²) in [6.45, 7) is 2.66. The van der Waals surface area contributed by atoms with Gasteiger partial charge < -0.3 is 19.7 Å². The van der Waals surface area contributed by atoms with Gasteiger partial charge in [0, 0.05) is 43.0 Å². The SMILES string of the molecule is COc1ccccc1N1CCN(C(=O)c2ccc3c(c2)no[n+]3[O-])CC1. The van der Waals surface area contributed by atoms with Crippen molar-refractivity contribution in [1.82, 2.24) is 10.1 Å². The highest BCUT2D eigenvalue weighted by Gasteiger charge is 2.24. The number of rotatable bonds is 3. The van der Waals surface area contributed by atoms with Gasteiger partial charge in [-0.15, -0.1) is 0 Å². The number of benzene rings is 2. The fourth-order valence-electron chi connectivity index (χ4n) is 3.23. The van der Waals surface area contributed by atoms with Gasteiger partial charge >= 0.3 is 0 Å². The molecule has 134 valence electrons. The van der Waals surface area contributed by atoms with Crippen LogP contribution in [0.15, 0.2) is 47.1 Å². The molecule has 2 heterocycles. The normalized spacial score (nSPS) is 14.7. The van der Waals surface area contributed by atoms with Gasteiger partial charge in [-0.1, -0.05) is 12.1 Å². The van der Waals surface area contributed by atoms with E-state index in [0.29, 0.717) is 34.6 Å². The number of methoxy groups -OCH3 is 1. The molecule has 0 aliphatic carbocycles. The largest absolute Gasteiger partial charge is 0.495 e. The van der Waals surface area contributed by atoms with Gasteiger partial charge in [-0.3, -0.25) is 9.42 Å². The first-order valence-corrected chi connectivity index (χ1v) is 8.34. The van der Waals surface area contributed by atoms with Crippen molar-refractivity contribution in [2.24, 2.45) is 0 Å². The second-order valence-corrected chi connectivity index (χ2v) is 6.08. The third-order valence-electron chi connectivity index (χ3n) is 4.63. The van der Waals surface area contributed by atoms with Gasteiger partial charge in [0.05, 0.1) is 12.8 Å². The lowest BCUT2D eigenvalue weighted by Gasteiger charge is -2.36. The summed E-state index contributed by atoms with van der Waals surface area (Å²) in [5, 5.41) is 15.0. The topological polar surface area (TPSA) is 85.8 Å². The predicted molar refractivity (Wildman–Crippen MR) is 94.1 cm³/mol. The van der Waals surface area contributed by atoms with Gasteiger partial charge in [0.2, 0.25) is 11.0 Å². The molecule has 1 aliphatic rings. The lowest BCUT2D eigenvalue weighted by atomic mass is 10.1. The maximum atomic E-state index is 12.8. The molecule has 26 heavy (non-hydrogen) atoms. The Hall–Kier alpha value is -3.29. The highest BCUT2D eigenvalue weighted by atomic mass is 16.8. The standard InChI is InChI=1S/C18H18N4O4/c1-25-17-5-3-2-4-16(17)20-8-10-21(11-9-20)18(23)13-6-7-15-14(12-13)19-26-22(15)24/h2-7,12H,8-11H2,1H3. The van der Waals surface area contributed by atoms with Crippen LogP contribution in [0.25, 0.3) is 11.0 Å². The number of amides is 1. The molecule has 0 unspecified atom stereocenters. The molecule has 0 radical (unpaired) electrons. The van der Waals surface area contributed by atoms with Gasteiger partial charge in [0.15, 0.2) is 0 Å². The summed E-state index contributed by atoms with van der Waals surface area (Å²) in [5.41, 5.74) is 2.21. The first kappa shape index (κ1) is 16.2. The van der Waals surface area contributed by atoms with E-state index in [1.165, 1.54) is 0 Å². The average Bonchev–Trinajstić information content (AvgIpc) is 3.08. The van der Waals surface area contributed by atoms with Crippen LogP contribution in [0, 0.1) is 5.21 Å². The molecule has 0 saturated carbocycles. The number of aromatic nitrogens is 2. The minimum Gasteiger partial charge on any atom is -0.495 e. The van der Waals surface area contributed by atoms with Crippen molar-refractivity contribution >= 4 is 22.6 Å². The zero-order valence-electron chi connectivity index (χ0n) is 14.3. The Morgan fingerprint density at radius 1 is 1.19 bits per heavy atom. The molecular weight excluding hydrogens is 336 g/mol. The molecule has 8 heteroatoms. The number of fused-ring (bicyclic) bond motifs is 1. The summed E-state index contributed by atoms with van der Waals surface area (Å²) in [7, 11) is 1.66. The molecular formula is C18H18N4O4. The summed E-state index contributed by atoms with van der Waals surface area (Å²) in [5.74, 6) is 0.752. The molecule has 0 bridgehead atoms. The summed E-state index contributed by atoms with van der Waals surface area (Å²) < 4.78 is 9.97. The fraction of sp³-hybridized carbons (Fsp3) is 0.278. The van der Waals surface area contributed by atoms with Gasteiger partial charge in [-0.05, 0) is 29.2 Å². The maximum absolute atomic E-state index is 12.8. The third kappa shape index (κ3) is 2.79. The van der Waals surface area contributed by atoms with Gasteiger partial charge in [0.25, 0.3) is 5.91 Å². The quantitative estimate of drug-likeness (QED) is 0.662. The van der Waals surface area contributed by atoms with E-state index in [-0.39, 0.29) is 5.91 Å². The molecule has 1 aromatic heterocycles. The number of piperazine rings is 1. The van der Waals surface area contributed by atoms with E-state index in [2.05, 4.69) is 14.7 Å². The second kappa shape index (κ2) is 6.55. The van der Waals surface area contributed by atoms with E-state index < -0.39 is 0 Å². The molecule has 0 atom stereocenters. The molecule has 1 aliphatic heterocycles. The van der Waals surface area contributed by atoms with Crippen LogP contribution < -0.4 is 14.5 Å². The monoisotopic (exact) mass is 354 g/mol. The van der Waals surface area contributed by atoms with Crippen molar-refractivity contribution in [3.8, 4) is 5.75 Å². The van der Waals surface area contributed by atoms with Crippen LogP contribution in [0.5, 0.6) is 5.75 Å². The van der Waals surface area contributed by atoms with Crippen molar-refractivity contribution in [2.45, 2.75) is 0 Å². The Labute approximate surface area is 149 Å². The highest BCUT2D eigenvalue weighted by molar-refractivity contribution is 5.97. The summed E-state index contributed by atoms with van der Waals surface area (Å²) >= 11 is 0. The zero-order chi connectivity index (χ0) is 18.1. The molecule has 8 nitrogen and oxygen atoms in total. The van der Waals surface area contributed by atoms with E-state index >= 15 is 0 Å². The third-order valence-corrected chi connectivity index (χ3v) is 4.63. The summed E-state index contributed by atoms with van der Waals surface area (Å²) in [6.07, 6.45) is 0. The van der Waals surface area contributed by atoms with E-state index in [1.54, 1.807) is 30.2 Å². The minimum absolute atomic E-state index is 0.0768. The van der Waals surface area contributed by atoms with Crippen molar-refractivity contribution in [1.29, 1.82) is 0 Å².